The van der Waals surface area contributed by atoms with Crippen molar-refractivity contribution in [1.82, 2.24) is 24.6 Å². The van der Waals surface area contributed by atoms with E-state index in [1.54, 1.807) is 24.9 Å². The van der Waals surface area contributed by atoms with Crippen molar-refractivity contribution in [3.8, 4) is 0 Å². The zero-order chi connectivity index (χ0) is 11.7. The van der Waals surface area contributed by atoms with Crippen molar-refractivity contribution in [1.29, 1.82) is 0 Å². The number of nitrogens with one attached hydrogen (secondary N) is 1. The van der Waals surface area contributed by atoms with Gasteiger partial charge in [0.25, 0.3) is 0 Å². The van der Waals surface area contributed by atoms with E-state index in [-0.39, 0.29) is 0 Å². The number of hydrogen-bond donors (Lipinski definition) is 1. The van der Waals surface area contributed by atoms with Crippen LogP contribution in [-0.2, 0) is 0 Å². The Labute approximate surface area is 97.4 Å². The molecule has 17 heavy (non-hydrogen) atoms. The Morgan fingerprint density at radius 3 is 3.06 bits per heavy atom. The highest BCUT2D eigenvalue weighted by Crippen LogP contribution is 2.15. The maximum atomic E-state index is 4.23. The van der Waals surface area contributed by atoms with Crippen LogP contribution in [0.2, 0.25) is 0 Å². The molecule has 1 N–H and O–H groups in total. The standard InChI is InChI=1S/C11H10N6/c1-8-10-6-14-16-11(17(10)7-13-8)15-9-3-2-4-12-5-9/h2-7H,1H3,(H,15,16). The minimum Gasteiger partial charge on any atom is -0.323 e. The number of rotatable bonds is 2. The van der Waals surface area contributed by atoms with E-state index in [4.69, 9.17) is 0 Å². The first kappa shape index (κ1) is 9.71. The lowest BCUT2D eigenvalue weighted by atomic mass is 10.4. The molecule has 0 aliphatic carbocycles. The lowest BCUT2D eigenvalue weighted by Gasteiger charge is -2.05. The summed E-state index contributed by atoms with van der Waals surface area (Å²) in [5.74, 6) is 0.621. The van der Waals surface area contributed by atoms with Crippen LogP contribution in [0.25, 0.3) is 5.52 Å². The zero-order valence-corrected chi connectivity index (χ0v) is 9.20. The van der Waals surface area contributed by atoms with Gasteiger partial charge in [-0.2, -0.15) is 5.10 Å². The molecule has 0 bridgehead atoms. The molecule has 0 unspecified atom stereocenters. The number of hydrogen-bond acceptors (Lipinski definition) is 5. The maximum absolute atomic E-state index is 4.23. The molecule has 6 nitrogen and oxygen atoms in total. The Morgan fingerprint density at radius 2 is 2.24 bits per heavy atom. The predicted molar refractivity (Wildman–Crippen MR) is 63.0 cm³/mol. The van der Waals surface area contributed by atoms with Crippen molar-refractivity contribution in [2.45, 2.75) is 6.92 Å². The van der Waals surface area contributed by atoms with Crippen molar-refractivity contribution in [3.05, 3.63) is 42.7 Å². The number of fused-ring (bicyclic) bond motifs is 1. The number of nitrogens with zero attached hydrogens (tertiary/aromatic N) is 5. The molecule has 0 aromatic carbocycles. The molecule has 3 aromatic rings. The van der Waals surface area contributed by atoms with E-state index in [9.17, 15) is 0 Å². The van der Waals surface area contributed by atoms with Crippen LogP contribution in [0.1, 0.15) is 5.69 Å². The highest BCUT2D eigenvalue weighted by atomic mass is 15.3. The van der Waals surface area contributed by atoms with Gasteiger partial charge in [-0.1, -0.05) is 0 Å². The fourth-order valence-electron chi connectivity index (χ4n) is 1.61. The molecule has 84 valence electrons. The first-order valence-corrected chi connectivity index (χ1v) is 5.17. The summed E-state index contributed by atoms with van der Waals surface area (Å²) in [6, 6.07) is 3.77. The van der Waals surface area contributed by atoms with Crippen LogP contribution >= 0.6 is 0 Å². The number of pyridine rings is 1. The second kappa shape index (κ2) is 3.82. The number of aromatic nitrogens is 5. The third-order valence-corrected chi connectivity index (χ3v) is 2.48. The smallest absolute Gasteiger partial charge is 0.233 e. The molecule has 0 saturated carbocycles. The minimum absolute atomic E-state index is 0.621. The fraction of sp³-hybridized carbons (Fsp3) is 0.0909. The van der Waals surface area contributed by atoms with E-state index in [1.165, 1.54) is 0 Å². The van der Waals surface area contributed by atoms with E-state index in [0.717, 1.165) is 16.9 Å². The van der Waals surface area contributed by atoms with Gasteiger partial charge in [-0.3, -0.25) is 9.38 Å². The molecule has 0 fully saturated rings. The van der Waals surface area contributed by atoms with Gasteiger partial charge < -0.3 is 5.32 Å². The average Bonchev–Trinajstić information content (AvgIpc) is 2.74. The van der Waals surface area contributed by atoms with Crippen molar-refractivity contribution in [3.63, 3.8) is 0 Å². The molecule has 0 saturated heterocycles. The van der Waals surface area contributed by atoms with Gasteiger partial charge in [0.05, 0.1) is 29.3 Å². The molecular formula is C11H10N6. The largest absolute Gasteiger partial charge is 0.323 e. The Hall–Kier alpha value is -2.50. The summed E-state index contributed by atoms with van der Waals surface area (Å²) in [7, 11) is 0. The Kier molecular flexibility index (Phi) is 2.18. The summed E-state index contributed by atoms with van der Waals surface area (Å²) < 4.78 is 1.86. The van der Waals surface area contributed by atoms with Crippen LogP contribution in [0.5, 0.6) is 0 Å². The molecule has 3 heterocycles. The first-order valence-electron chi connectivity index (χ1n) is 5.17. The summed E-state index contributed by atoms with van der Waals surface area (Å²) in [5.41, 5.74) is 2.72. The summed E-state index contributed by atoms with van der Waals surface area (Å²) in [4.78, 5) is 8.26. The van der Waals surface area contributed by atoms with Gasteiger partial charge >= 0.3 is 0 Å². The maximum Gasteiger partial charge on any atom is 0.233 e. The monoisotopic (exact) mass is 226 g/mol. The van der Waals surface area contributed by atoms with Crippen molar-refractivity contribution >= 4 is 17.2 Å². The van der Waals surface area contributed by atoms with Crippen LogP contribution in [-0.4, -0.2) is 24.6 Å². The topological polar surface area (TPSA) is 68.0 Å². The van der Waals surface area contributed by atoms with Crippen molar-refractivity contribution in [2.75, 3.05) is 5.32 Å². The van der Waals surface area contributed by atoms with E-state index in [1.807, 2.05) is 23.5 Å². The van der Waals surface area contributed by atoms with E-state index >= 15 is 0 Å². The molecule has 0 spiro atoms. The zero-order valence-electron chi connectivity index (χ0n) is 9.20. The third kappa shape index (κ3) is 1.69. The molecular weight excluding hydrogens is 216 g/mol. The molecule has 3 aromatic heterocycles. The SMILES string of the molecule is Cc1ncn2c(Nc3cccnc3)nncc12. The van der Waals surface area contributed by atoms with Gasteiger partial charge in [-0.15, -0.1) is 5.10 Å². The van der Waals surface area contributed by atoms with Crippen molar-refractivity contribution in [2.24, 2.45) is 0 Å². The van der Waals surface area contributed by atoms with Gasteiger partial charge in [0.15, 0.2) is 0 Å². The van der Waals surface area contributed by atoms with Gasteiger partial charge in [0.2, 0.25) is 5.95 Å². The van der Waals surface area contributed by atoms with Gasteiger partial charge in [-0.25, -0.2) is 4.98 Å². The normalized spacial score (nSPS) is 10.6. The molecule has 0 aliphatic heterocycles. The Balaban J connectivity index is 2.06. The number of anilines is 2. The van der Waals surface area contributed by atoms with E-state index in [2.05, 4.69) is 25.5 Å². The van der Waals surface area contributed by atoms with E-state index < -0.39 is 0 Å². The van der Waals surface area contributed by atoms with E-state index in [0.29, 0.717) is 5.95 Å². The van der Waals surface area contributed by atoms with Crippen LogP contribution < -0.4 is 5.32 Å². The first-order chi connectivity index (χ1) is 8.34. The Morgan fingerprint density at radius 1 is 1.29 bits per heavy atom. The summed E-state index contributed by atoms with van der Waals surface area (Å²) in [5, 5.41) is 11.1. The van der Waals surface area contributed by atoms with Gasteiger partial charge in [0, 0.05) is 6.20 Å². The minimum atomic E-state index is 0.621. The quantitative estimate of drug-likeness (QED) is 0.718. The molecule has 0 atom stereocenters. The highest BCUT2D eigenvalue weighted by Gasteiger charge is 2.05. The highest BCUT2D eigenvalue weighted by molar-refractivity contribution is 5.58. The average molecular weight is 226 g/mol. The number of aryl methyl sites for hydroxylation is 1. The van der Waals surface area contributed by atoms with Crippen LogP contribution in [0.4, 0.5) is 11.6 Å². The second-order valence-corrected chi connectivity index (χ2v) is 3.62. The Bertz CT molecular complexity index is 645. The van der Waals surface area contributed by atoms with Crippen LogP contribution in [0.15, 0.2) is 37.1 Å². The van der Waals surface area contributed by atoms with Gasteiger partial charge in [0.1, 0.15) is 6.33 Å². The molecule has 0 amide bonds. The van der Waals surface area contributed by atoms with Crippen molar-refractivity contribution < 1.29 is 0 Å². The molecule has 3 rings (SSSR count). The van der Waals surface area contributed by atoms with Crippen LogP contribution in [0, 0.1) is 6.92 Å². The van der Waals surface area contributed by atoms with Gasteiger partial charge in [-0.05, 0) is 19.1 Å². The lowest BCUT2D eigenvalue weighted by molar-refractivity contribution is 0.956. The third-order valence-electron chi connectivity index (χ3n) is 2.48. The van der Waals surface area contributed by atoms with Crippen LogP contribution in [0.3, 0.4) is 0 Å². The lowest BCUT2D eigenvalue weighted by Crippen LogP contribution is -2.02. The summed E-state index contributed by atoms with van der Waals surface area (Å²) in [6.45, 7) is 1.94. The molecule has 6 heteroatoms. The summed E-state index contributed by atoms with van der Waals surface area (Å²) in [6.07, 6.45) is 6.86. The fourth-order valence-corrected chi connectivity index (χ4v) is 1.61. The molecule has 0 radical (unpaired) electrons. The predicted octanol–water partition coefficient (Wildman–Crippen LogP) is 1.57. The number of imidazole rings is 1. The summed E-state index contributed by atoms with van der Waals surface area (Å²) >= 11 is 0. The second-order valence-electron chi connectivity index (χ2n) is 3.62. The molecule has 0 aliphatic rings.